The third kappa shape index (κ3) is 3.63. The minimum Gasteiger partial charge on any atom is -0.389 e. The zero-order valence-electron chi connectivity index (χ0n) is 11.0. The van der Waals surface area contributed by atoms with Gasteiger partial charge in [0.05, 0.1) is 28.8 Å². The van der Waals surface area contributed by atoms with E-state index in [0.29, 0.717) is 11.6 Å². The first-order valence-corrected chi connectivity index (χ1v) is 6.49. The highest BCUT2D eigenvalue weighted by molar-refractivity contribution is 6.33. The van der Waals surface area contributed by atoms with Gasteiger partial charge in [-0.2, -0.15) is 5.26 Å². The lowest BCUT2D eigenvalue weighted by atomic mass is 10.1. The highest BCUT2D eigenvalue weighted by Crippen LogP contribution is 2.29. The molecule has 0 bridgehead atoms. The van der Waals surface area contributed by atoms with Gasteiger partial charge >= 0.3 is 0 Å². The van der Waals surface area contributed by atoms with Gasteiger partial charge in [-0.25, -0.2) is 0 Å². The number of rotatable bonds is 5. The van der Waals surface area contributed by atoms with E-state index in [9.17, 15) is 5.11 Å². The van der Waals surface area contributed by atoms with Crippen molar-refractivity contribution >= 4 is 17.3 Å². The Bertz CT molecular complexity index is 440. The molecule has 1 aromatic rings. The Morgan fingerprint density at radius 3 is 2.56 bits per heavy atom. The Kier molecular flexibility index (Phi) is 5.46. The van der Waals surface area contributed by atoms with Crippen LogP contribution in [0.15, 0.2) is 18.2 Å². The molecule has 0 saturated carbocycles. The molecule has 0 heterocycles. The molecule has 1 rings (SSSR count). The van der Waals surface area contributed by atoms with Crippen LogP contribution in [-0.4, -0.2) is 18.2 Å². The second kappa shape index (κ2) is 6.63. The molecule has 1 unspecified atom stereocenters. The van der Waals surface area contributed by atoms with Crippen LogP contribution < -0.4 is 4.90 Å². The van der Waals surface area contributed by atoms with Gasteiger partial charge in [0, 0.05) is 13.1 Å². The van der Waals surface area contributed by atoms with E-state index in [2.05, 4.69) is 11.0 Å². The average Bonchev–Trinajstić information content (AvgIpc) is 2.35. The molecule has 98 valence electrons. The third-order valence-corrected chi connectivity index (χ3v) is 3.19. The topological polar surface area (TPSA) is 47.3 Å². The van der Waals surface area contributed by atoms with Gasteiger partial charge in [0.1, 0.15) is 0 Å². The summed E-state index contributed by atoms with van der Waals surface area (Å²) in [6.45, 7) is 7.07. The summed E-state index contributed by atoms with van der Waals surface area (Å²) in [5, 5.41) is 19.0. The smallest absolute Gasteiger partial charge is 0.0762 e. The maximum absolute atomic E-state index is 9.50. The zero-order valence-corrected chi connectivity index (χ0v) is 11.8. The largest absolute Gasteiger partial charge is 0.389 e. The van der Waals surface area contributed by atoms with Crippen LogP contribution in [0.1, 0.15) is 32.4 Å². The minimum absolute atomic E-state index is 0.0440. The van der Waals surface area contributed by atoms with Crippen LogP contribution in [0.4, 0.5) is 5.69 Å². The van der Waals surface area contributed by atoms with Crippen LogP contribution in [-0.2, 0) is 0 Å². The first-order chi connectivity index (χ1) is 8.49. The Morgan fingerprint density at radius 1 is 1.44 bits per heavy atom. The van der Waals surface area contributed by atoms with Gasteiger partial charge in [-0.15, -0.1) is 0 Å². The fraction of sp³-hybridized carbons (Fsp3) is 0.500. The van der Waals surface area contributed by atoms with Gasteiger partial charge in [0.2, 0.25) is 0 Å². The van der Waals surface area contributed by atoms with Crippen LogP contribution in [0.25, 0.3) is 0 Å². The fourth-order valence-electron chi connectivity index (χ4n) is 1.81. The van der Waals surface area contributed by atoms with Gasteiger partial charge in [-0.1, -0.05) is 17.7 Å². The molecule has 1 aromatic carbocycles. The van der Waals surface area contributed by atoms with Gasteiger partial charge in [-0.05, 0) is 38.5 Å². The van der Waals surface area contributed by atoms with Crippen molar-refractivity contribution in [2.24, 2.45) is 5.92 Å². The van der Waals surface area contributed by atoms with Gasteiger partial charge in [0.25, 0.3) is 0 Å². The van der Waals surface area contributed by atoms with E-state index >= 15 is 0 Å². The number of aliphatic hydroxyl groups excluding tert-OH is 1. The molecule has 4 heteroatoms. The van der Waals surface area contributed by atoms with E-state index in [1.165, 1.54) is 0 Å². The summed E-state index contributed by atoms with van der Waals surface area (Å²) in [5.41, 5.74) is 1.71. The standard InChI is InChI=1S/C14H19ClN2O/c1-4-17(9-10(2)8-16)14-6-5-12(11(3)18)7-13(14)15/h5-7,10-11,18H,4,9H2,1-3H3/t10?,11-/m0/s1. The van der Waals surface area contributed by atoms with E-state index < -0.39 is 6.10 Å². The molecule has 1 N–H and O–H groups in total. The van der Waals surface area contributed by atoms with Crippen molar-refractivity contribution in [1.82, 2.24) is 0 Å². The highest BCUT2D eigenvalue weighted by Gasteiger charge is 2.13. The molecule has 0 saturated heterocycles. The number of nitriles is 1. The second-order valence-corrected chi connectivity index (χ2v) is 4.86. The van der Waals surface area contributed by atoms with Crippen molar-refractivity contribution in [3.05, 3.63) is 28.8 Å². The van der Waals surface area contributed by atoms with Crippen molar-refractivity contribution in [3.63, 3.8) is 0 Å². The lowest BCUT2D eigenvalue weighted by Crippen LogP contribution is -2.28. The Hall–Kier alpha value is -1.24. The second-order valence-electron chi connectivity index (χ2n) is 4.46. The Morgan fingerprint density at radius 2 is 2.11 bits per heavy atom. The molecule has 0 aromatic heterocycles. The molecule has 0 fully saturated rings. The molecule has 0 aliphatic carbocycles. The predicted octanol–water partition coefficient (Wildman–Crippen LogP) is 3.38. The zero-order chi connectivity index (χ0) is 13.7. The van der Waals surface area contributed by atoms with E-state index in [4.69, 9.17) is 16.9 Å². The maximum atomic E-state index is 9.50. The number of hydrogen-bond acceptors (Lipinski definition) is 3. The summed E-state index contributed by atoms with van der Waals surface area (Å²) in [4.78, 5) is 2.07. The van der Waals surface area contributed by atoms with Crippen LogP contribution >= 0.6 is 11.6 Å². The molecule has 0 aliphatic heterocycles. The van der Waals surface area contributed by atoms with Crippen molar-refractivity contribution in [2.45, 2.75) is 26.9 Å². The van der Waals surface area contributed by atoms with E-state index in [1.54, 1.807) is 13.0 Å². The predicted molar refractivity (Wildman–Crippen MR) is 74.7 cm³/mol. The number of hydrogen-bond donors (Lipinski definition) is 1. The van der Waals surface area contributed by atoms with Crippen LogP contribution in [0.5, 0.6) is 0 Å². The molecule has 0 aliphatic rings. The number of anilines is 1. The molecule has 3 nitrogen and oxygen atoms in total. The first-order valence-electron chi connectivity index (χ1n) is 6.11. The minimum atomic E-state index is -0.523. The normalized spacial score (nSPS) is 13.8. The van der Waals surface area contributed by atoms with E-state index in [-0.39, 0.29) is 5.92 Å². The third-order valence-electron chi connectivity index (χ3n) is 2.89. The first kappa shape index (κ1) is 14.8. The van der Waals surface area contributed by atoms with Crippen molar-refractivity contribution in [3.8, 4) is 6.07 Å². The quantitative estimate of drug-likeness (QED) is 0.889. The number of aliphatic hydroxyl groups is 1. The van der Waals surface area contributed by atoms with Crippen LogP contribution in [0.3, 0.4) is 0 Å². The van der Waals surface area contributed by atoms with Crippen molar-refractivity contribution in [2.75, 3.05) is 18.0 Å². The number of nitrogens with zero attached hydrogens (tertiary/aromatic N) is 2. The highest BCUT2D eigenvalue weighted by atomic mass is 35.5. The monoisotopic (exact) mass is 266 g/mol. The average molecular weight is 267 g/mol. The summed E-state index contributed by atoms with van der Waals surface area (Å²) >= 11 is 6.24. The number of benzene rings is 1. The summed E-state index contributed by atoms with van der Waals surface area (Å²) in [6, 6.07) is 7.77. The molecule has 18 heavy (non-hydrogen) atoms. The molecule has 0 spiro atoms. The van der Waals surface area contributed by atoms with Crippen LogP contribution in [0, 0.1) is 17.2 Å². The van der Waals surface area contributed by atoms with Crippen molar-refractivity contribution in [1.29, 1.82) is 5.26 Å². The molecular formula is C14H19ClN2O. The summed E-state index contributed by atoms with van der Waals surface area (Å²) in [5.74, 6) is -0.0440. The van der Waals surface area contributed by atoms with Crippen LogP contribution in [0.2, 0.25) is 5.02 Å². The summed E-state index contributed by atoms with van der Waals surface area (Å²) in [7, 11) is 0. The lowest BCUT2D eigenvalue weighted by Gasteiger charge is -2.25. The van der Waals surface area contributed by atoms with E-state index in [0.717, 1.165) is 17.8 Å². The molecule has 0 radical (unpaired) electrons. The fourth-order valence-corrected chi connectivity index (χ4v) is 2.12. The van der Waals surface area contributed by atoms with Crippen molar-refractivity contribution < 1.29 is 5.11 Å². The van der Waals surface area contributed by atoms with E-state index in [1.807, 2.05) is 26.0 Å². The SMILES string of the molecule is CCN(CC(C)C#N)c1ccc([C@H](C)O)cc1Cl. The Labute approximate surface area is 114 Å². The number of halogens is 1. The summed E-state index contributed by atoms with van der Waals surface area (Å²) in [6.07, 6.45) is -0.523. The summed E-state index contributed by atoms with van der Waals surface area (Å²) < 4.78 is 0. The van der Waals surface area contributed by atoms with Gasteiger partial charge < -0.3 is 10.0 Å². The lowest BCUT2D eigenvalue weighted by molar-refractivity contribution is 0.199. The maximum Gasteiger partial charge on any atom is 0.0762 e. The van der Waals surface area contributed by atoms with Gasteiger partial charge in [-0.3, -0.25) is 0 Å². The Balaban J connectivity index is 2.97. The molecule has 2 atom stereocenters. The van der Waals surface area contributed by atoms with Gasteiger partial charge in [0.15, 0.2) is 0 Å². The molecular weight excluding hydrogens is 248 g/mol. The molecule has 0 amide bonds.